The van der Waals surface area contributed by atoms with E-state index in [1.165, 1.54) is 11.1 Å². The number of aliphatic hydroxyl groups excluding tert-OH is 2. The van der Waals surface area contributed by atoms with Crippen LogP contribution in [0.3, 0.4) is 0 Å². The zero-order valence-electron chi connectivity index (χ0n) is 20.3. The maximum atomic E-state index is 11.2. The Morgan fingerprint density at radius 2 is 1.90 bits per heavy atom. The number of aliphatic hydroxyl groups is 2. The van der Waals surface area contributed by atoms with Crippen molar-refractivity contribution >= 4 is 0 Å². The number of fused-ring (bicyclic) bond motifs is 1. The average Bonchev–Trinajstić information content (AvgIpc) is 2.98. The first kappa shape index (κ1) is 24.3. The van der Waals surface area contributed by atoms with Crippen molar-refractivity contribution in [3.8, 4) is 5.75 Å². The Morgan fingerprint density at radius 1 is 1.19 bits per heavy atom. The van der Waals surface area contributed by atoms with Crippen molar-refractivity contribution < 1.29 is 15.3 Å². The minimum absolute atomic E-state index is 0.0791. The summed E-state index contributed by atoms with van der Waals surface area (Å²) >= 11 is 0. The molecule has 2 saturated carbocycles. The smallest absolute Gasteiger partial charge is 0.115 e. The molecule has 3 heteroatoms. The van der Waals surface area contributed by atoms with Gasteiger partial charge in [-0.15, -0.1) is 0 Å². The molecule has 3 N–H and O–H groups in total. The predicted octanol–water partition coefficient (Wildman–Crippen LogP) is 6.04. The van der Waals surface area contributed by atoms with Gasteiger partial charge in [0.15, 0.2) is 0 Å². The molecule has 0 spiro atoms. The Labute approximate surface area is 189 Å². The number of benzene rings is 1. The molecule has 1 aromatic rings. The molecule has 0 heterocycles. The molecule has 3 rings (SSSR count). The number of phenols is 1. The molecule has 0 saturated heterocycles. The molecule has 0 unspecified atom stereocenters. The van der Waals surface area contributed by atoms with E-state index in [1.54, 1.807) is 6.07 Å². The quantitative estimate of drug-likeness (QED) is 0.443. The molecule has 7 atom stereocenters. The normalized spacial score (nSPS) is 34.0. The third-order valence-corrected chi connectivity index (χ3v) is 8.94. The summed E-state index contributed by atoms with van der Waals surface area (Å²) in [5, 5.41) is 32.0. The summed E-state index contributed by atoms with van der Waals surface area (Å²) in [6.07, 6.45) is 5.93. The molecular formula is C28H44O3. The van der Waals surface area contributed by atoms with Gasteiger partial charge >= 0.3 is 0 Å². The Hall–Kier alpha value is -1.32. The Balaban J connectivity index is 1.73. The van der Waals surface area contributed by atoms with Crippen LogP contribution < -0.4 is 0 Å². The highest BCUT2D eigenvalue weighted by Crippen LogP contribution is 2.60. The Morgan fingerprint density at radius 3 is 2.58 bits per heavy atom. The molecule has 3 nitrogen and oxygen atoms in total. The molecule has 31 heavy (non-hydrogen) atoms. The van der Waals surface area contributed by atoms with Crippen LogP contribution in [0.25, 0.3) is 0 Å². The second-order valence-electron chi connectivity index (χ2n) is 11.2. The van der Waals surface area contributed by atoms with Crippen molar-refractivity contribution in [1.29, 1.82) is 0 Å². The SMILES string of the molecule is C=C(CC[C@@H](C)[C@H]1[C@@H](O)C[C@H]2[C@H](CCc3cc(O)ccc3C)[C@H](O)CC[C@]12C)C(C)C. The van der Waals surface area contributed by atoms with E-state index in [-0.39, 0.29) is 29.5 Å². The van der Waals surface area contributed by atoms with Crippen molar-refractivity contribution in [2.75, 3.05) is 0 Å². The number of aromatic hydroxyl groups is 1. The van der Waals surface area contributed by atoms with Gasteiger partial charge < -0.3 is 15.3 Å². The fourth-order valence-electron chi connectivity index (χ4n) is 6.87. The summed E-state index contributed by atoms with van der Waals surface area (Å²) in [4.78, 5) is 0. The van der Waals surface area contributed by atoms with Crippen LogP contribution in [0.5, 0.6) is 5.75 Å². The van der Waals surface area contributed by atoms with Gasteiger partial charge in [-0.3, -0.25) is 0 Å². The van der Waals surface area contributed by atoms with E-state index in [2.05, 4.69) is 41.2 Å². The molecule has 0 aliphatic heterocycles. The molecule has 0 amide bonds. The van der Waals surface area contributed by atoms with E-state index in [4.69, 9.17) is 0 Å². The van der Waals surface area contributed by atoms with Crippen LogP contribution in [0.2, 0.25) is 0 Å². The molecular weight excluding hydrogens is 384 g/mol. The van der Waals surface area contributed by atoms with Gasteiger partial charge in [0, 0.05) is 0 Å². The van der Waals surface area contributed by atoms with Crippen LogP contribution in [0.4, 0.5) is 0 Å². The molecule has 2 aliphatic rings. The van der Waals surface area contributed by atoms with Gasteiger partial charge in [-0.25, -0.2) is 0 Å². The maximum Gasteiger partial charge on any atom is 0.115 e. The molecule has 174 valence electrons. The largest absolute Gasteiger partial charge is 0.508 e. The van der Waals surface area contributed by atoms with Crippen LogP contribution in [0, 0.1) is 41.9 Å². The molecule has 0 radical (unpaired) electrons. The third-order valence-electron chi connectivity index (χ3n) is 8.94. The van der Waals surface area contributed by atoms with Crippen LogP contribution in [0.15, 0.2) is 30.4 Å². The summed E-state index contributed by atoms with van der Waals surface area (Å²) < 4.78 is 0. The molecule has 2 fully saturated rings. The van der Waals surface area contributed by atoms with Crippen molar-refractivity contribution in [1.82, 2.24) is 0 Å². The van der Waals surface area contributed by atoms with Gasteiger partial charge in [-0.05, 0) is 110 Å². The maximum absolute atomic E-state index is 11.2. The first-order chi connectivity index (χ1) is 14.5. The predicted molar refractivity (Wildman–Crippen MR) is 128 cm³/mol. The summed E-state index contributed by atoms with van der Waals surface area (Å²) in [5.41, 5.74) is 3.74. The fraction of sp³-hybridized carbons (Fsp3) is 0.714. The highest BCUT2D eigenvalue weighted by atomic mass is 16.3. The van der Waals surface area contributed by atoms with Crippen molar-refractivity contribution in [2.24, 2.45) is 35.0 Å². The third kappa shape index (κ3) is 5.03. The van der Waals surface area contributed by atoms with E-state index in [1.807, 2.05) is 12.1 Å². The first-order valence-corrected chi connectivity index (χ1v) is 12.4. The first-order valence-electron chi connectivity index (χ1n) is 12.4. The lowest BCUT2D eigenvalue weighted by molar-refractivity contribution is -0.0582. The number of aryl methyl sites for hydroxylation is 2. The second-order valence-corrected chi connectivity index (χ2v) is 11.2. The number of allylic oxidation sites excluding steroid dienone is 1. The highest BCUT2D eigenvalue weighted by molar-refractivity contribution is 5.34. The topological polar surface area (TPSA) is 60.7 Å². The summed E-state index contributed by atoms with van der Waals surface area (Å²) in [5.74, 6) is 2.11. The molecule has 0 aromatic heterocycles. The van der Waals surface area contributed by atoms with E-state index >= 15 is 0 Å². The lowest BCUT2D eigenvalue weighted by Gasteiger charge is -2.49. The number of phenolic OH excluding ortho intramolecular Hbond substituents is 1. The molecule has 0 bridgehead atoms. The van der Waals surface area contributed by atoms with Crippen molar-refractivity contribution in [3.05, 3.63) is 41.5 Å². The highest BCUT2D eigenvalue weighted by Gasteiger charge is 2.57. The van der Waals surface area contributed by atoms with Gasteiger partial charge in [-0.2, -0.15) is 0 Å². The van der Waals surface area contributed by atoms with Gasteiger partial charge in [0.05, 0.1) is 12.2 Å². The lowest BCUT2D eigenvalue weighted by Crippen LogP contribution is -2.45. The van der Waals surface area contributed by atoms with Gasteiger partial charge in [0.25, 0.3) is 0 Å². The standard InChI is InChI=1S/C28H44O3/c1-17(2)18(3)7-8-20(5)27-26(31)16-24-23(25(30)13-14-28(24,27)6)12-10-21-15-22(29)11-9-19(21)4/h9,11,15,17,20,23-27,29-31H,3,7-8,10,12-14,16H2,1-2,4-6H3/t20-,23+,24+,25-,26+,27+,28+/m1/s1. The minimum atomic E-state index is -0.294. The van der Waals surface area contributed by atoms with Gasteiger partial charge in [-0.1, -0.05) is 45.9 Å². The van der Waals surface area contributed by atoms with Crippen LogP contribution in [-0.2, 0) is 6.42 Å². The minimum Gasteiger partial charge on any atom is -0.508 e. The van der Waals surface area contributed by atoms with Crippen molar-refractivity contribution in [3.63, 3.8) is 0 Å². The summed E-state index contributed by atoms with van der Waals surface area (Å²) in [6.45, 7) is 15.4. The Bertz CT molecular complexity index is 770. The zero-order valence-corrected chi connectivity index (χ0v) is 20.3. The fourth-order valence-corrected chi connectivity index (χ4v) is 6.87. The average molecular weight is 429 g/mol. The molecule has 1 aromatic carbocycles. The van der Waals surface area contributed by atoms with Gasteiger partial charge in [0.1, 0.15) is 5.75 Å². The van der Waals surface area contributed by atoms with E-state index in [0.717, 1.165) is 50.5 Å². The van der Waals surface area contributed by atoms with E-state index in [0.29, 0.717) is 23.5 Å². The van der Waals surface area contributed by atoms with E-state index in [9.17, 15) is 15.3 Å². The second kappa shape index (κ2) is 9.67. The zero-order chi connectivity index (χ0) is 22.9. The number of hydrogen-bond donors (Lipinski definition) is 3. The van der Waals surface area contributed by atoms with Crippen LogP contribution in [0.1, 0.15) is 77.3 Å². The van der Waals surface area contributed by atoms with Crippen molar-refractivity contribution in [2.45, 2.75) is 91.8 Å². The monoisotopic (exact) mass is 428 g/mol. The number of hydrogen-bond acceptors (Lipinski definition) is 3. The van der Waals surface area contributed by atoms with E-state index < -0.39 is 0 Å². The Kier molecular flexibility index (Phi) is 7.58. The summed E-state index contributed by atoms with van der Waals surface area (Å²) in [7, 11) is 0. The number of rotatable bonds is 8. The lowest BCUT2D eigenvalue weighted by atomic mass is 9.57. The van der Waals surface area contributed by atoms with Gasteiger partial charge in [0.2, 0.25) is 0 Å². The summed E-state index contributed by atoms with van der Waals surface area (Å²) in [6, 6.07) is 5.56. The van der Waals surface area contributed by atoms with Crippen LogP contribution >= 0.6 is 0 Å². The van der Waals surface area contributed by atoms with Crippen LogP contribution in [-0.4, -0.2) is 27.5 Å². The molecule has 2 aliphatic carbocycles.